The number of aromatic nitrogens is 2. The lowest BCUT2D eigenvalue weighted by Crippen LogP contribution is -2.47. The first-order chi connectivity index (χ1) is 17.1. The van der Waals surface area contributed by atoms with Crippen molar-refractivity contribution >= 4 is 23.0 Å². The summed E-state index contributed by atoms with van der Waals surface area (Å²) in [4.78, 5) is 37.1. The van der Waals surface area contributed by atoms with Crippen molar-refractivity contribution in [3.8, 4) is 0 Å². The molecule has 9 heteroatoms. The van der Waals surface area contributed by atoms with Crippen LogP contribution in [0.3, 0.4) is 0 Å². The molecule has 3 saturated heterocycles. The molecule has 3 amide bonds. The van der Waals surface area contributed by atoms with Gasteiger partial charge < -0.3 is 29.7 Å². The van der Waals surface area contributed by atoms with E-state index in [2.05, 4.69) is 16.7 Å². The summed E-state index contributed by atoms with van der Waals surface area (Å²) in [5.41, 5.74) is 8.55. The molecule has 35 heavy (non-hydrogen) atoms. The number of rotatable bonds is 6. The van der Waals surface area contributed by atoms with E-state index in [4.69, 9.17) is 15.5 Å². The number of piperidine rings is 1. The smallest absolute Gasteiger partial charge is 0.320 e. The Kier molecular flexibility index (Phi) is 7.24. The summed E-state index contributed by atoms with van der Waals surface area (Å²) in [7, 11) is 1.73. The third-order valence-electron chi connectivity index (χ3n) is 7.84. The summed E-state index contributed by atoms with van der Waals surface area (Å²) in [5, 5.41) is 0. The predicted octanol–water partition coefficient (Wildman–Crippen LogP) is 2.25. The van der Waals surface area contributed by atoms with E-state index in [9.17, 15) is 9.59 Å². The molecule has 0 spiro atoms. The zero-order valence-electron chi connectivity index (χ0n) is 20.8. The Hall–Kier alpha value is -2.65. The van der Waals surface area contributed by atoms with Crippen molar-refractivity contribution in [1.82, 2.24) is 24.3 Å². The van der Waals surface area contributed by atoms with Gasteiger partial charge in [-0.25, -0.2) is 9.78 Å². The van der Waals surface area contributed by atoms with Crippen molar-refractivity contribution in [3.63, 3.8) is 0 Å². The van der Waals surface area contributed by atoms with E-state index in [0.29, 0.717) is 26.2 Å². The number of likely N-dealkylation sites (tertiary alicyclic amines) is 3. The quantitative estimate of drug-likeness (QED) is 0.637. The minimum absolute atomic E-state index is 0.0366. The summed E-state index contributed by atoms with van der Waals surface area (Å²) in [6.45, 7) is 5.43. The van der Waals surface area contributed by atoms with E-state index < -0.39 is 0 Å². The first-order valence-electron chi connectivity index (χ1n) is 13.1. The Balaban J connectivity index is 1.29. The molecule has 0 aliphatic carbocycles. The Morgan fingerprint density at radius 3 is 2.60 bits per heavy atom. The van der Waals surface area contributed by atoms with Crippen LogP contribution in [0, 0.1) is 5.92 Å². The molecule has 1 aromatic heterocycles. The number of urea groups is 1. The SMILES string of the molecule is COCCCn1c(C2CCCN(C(=O)[C@@H]3CN(C(=O)N4CCCC4)C[C@H]3N)C2)nc2ccccc21. The predicted molar refractivity (Wildman–Crippen MR) is 134 cm³/mol. The lowest BCUT2D eigenvalue weighted by molar-refractivity contribution is -0.136. The largest absolute Gasteiger partial charge is 0.385 e. The summed E-state index contributed by atoms with van der Waals surface area (Å²) in [5.74, 6) is 0.991. The molecule has 1 unspecified atom stereocenters. The maximum absolute atomic E-state index is 13.6. The van der Waals surface area contributed by atoms with E-state index in [1.54, 1.807) is 12.0 Å². The fourth-order valence-electron chi connectivity index (χ4n) is 5.99. The topological polar surface area (TPSA) is 96.9 Å². The second-order valence-electron chi connectivity index (χ2n) is 10.2. The average molecular weight is 483 g/mol. The number of imidazole rings is 1. The highest BCUT2D eigenvalue weighted by Gasteiger charge is 2.42. The van der Waals surface area contributed by atoms with Crippen LogP contribution in [0.15, 0.2) is 24.3 Å². The third-order valence-corrected chi connectivity index (χ3v) is 7.84. The summed E-state index contributed by atoms with van der Waals surface area (Å²) >= 11 is 0. The molecule has 1 aromatic carbocycles. The Morgan fingerprint density at radius 1 is 1.03 bits per heavy atom. The van der Waals surface area contributed by atoms with Crippen LogP contribution in [-0.2, 0) is 16.1 Å². The monoisotopic (exact) mass is 482 g/mol. The molecule has 3 aliphatic rings. The van der Waals surface area contributed by atoms with Gasteiger partial charge >= 0.3 is 6.03 Å². The van der Waals surface area contributed by atoms with Crippen LogP contribution in [0.5, 0.6) is 0 Å². The average Bonchev–Trinajstić information content (AvgIpc) is 3.63. The maximum Gasteiger partial charge on any atom is 0.320 e. The van der Waals surface area contributed by atoms with Gasteiger partial charge in [0.15, 0.2) is 0 Å². The first-order valence-corrected chi connectivity index (χ1v) is 13.1. The van der Waals surface area contributed by atoms with E-state index in [1.807, 2.05) is 21.9 Å². The highest BCUT2D eigenvalue weighted by Crippen LogP contribution is 2.31. The number of nitrogens with two attached hydrogens (primary N) is 1. The van der Waals surface area contributed by atoms with Gasteiger partial charge in [-0.05, 0) is 44.2 Å². The van der Waals surface area contributed by atoms with E-state index >= 15 is 0 Å². The van der Waals surface area contributed by atoms with Gasteiger partial charge in [-0.2, -0.15) is 0 Å². The Morgan fingerprint density at radius 2 is 1.80 bits per heavy atom. The van der Waals surface area contributed by atoms with Crippen molar-refractivity contribution < 1.29 is 14.3 Å². The van der Waals surface area contributed by atoms with Gasteiger partial charge in [0.25, 0.3) is 0 Å². The number of methoxy groups -OCH3 is 1. The lowest BCUT2D eigenvalue weighted by atomic mass is 9.94. The highest BCUT2D eigenvalue weighted by atomic mass is 16.5. The van der Waals surface area contributed by atoms with E-state index in [0.717, 1.165) is 75.1 Å². The van der Waals surface area contributed by atoms with Crippen molar-refractivity contribution in [2.75, 3.05) is 53.0 Å². The fourth-order valence-corrected chi connectivity index (χ4v) is 5.99. The molecule has 4 heterocycles. The molecule has 5 rings (SSSR count). The Labute approximate surface area is 207 Å². The number of carbonyl (C=O) groups excluding carboxylic acids is 2. The van der Waals surface area contributed by atoms with E-state index in [1.165, 1.54) is 0 Å². The minimum atomic E-state index is -0.333. The van der Waals surface area contributed by atoms with Gasteiger partial charge in [0, 0.05) is 71.5 Å². The number of carbonyl (C=O) groups is 2. The normalized spacial score (nSPS) is 25.1. The number of aryl methyl sites for hydroxylation is 1. The van der Waals surface area contributed by atoms with Crippen LogP contribution in [0.4, 0.5) is 4.79 Å². The summed E-state index contributed by atoms with van der Waals surface area (Å²) in [6.07, 6.45) is 4.97. The van der Waals surface area contributed by atoms with Gasteiger partial charge in [0.1, 0.15) is 5.82 Å². The molecule has 9 nitrogen and oxygen atoms in total. The van der Waals surface area contributed by atoms with Crippen LogP contribution in [0.25, 0.3) is 11.0 Å². The van der Waals surface area contributed by atoms with E-state index in [-0.39, 0.29) is 29.8 Å². The Bertz CT molecular complexity index is 1050. The highest BCUT2D eigenvalue weighted by molar-refractivity contribution is 5.83. The van der Waals surface area contributed by atoms with Gasteiger partial charge in [0.05, 0.1) is 17.0 Å². The van der Waals surface area contributed by atoms with Crippen LogP contribution in [-0.4, -0.2) is 95.2 Å². The number of para-hydroxylation sites is 2. The van der Waals surface area contributed by atoms with Crippen molar-refractivity contribution in [2.45, 2.75) is 50.6 Å². The van der Waals surface area contributed by atoms with Crippen LogP contribution >= 0.6 is 0 Å². The summed E-state index contributed by atoms with van der Waals surface area (Å²) in [6, 6.07) is 7.97. The second kappa shape index (κ2) is 10.5. The number of amides is 3. The number of benzene rings is 1. The molecular formula is C26H38N6O3. The van der Waals surface area contributed by atoms with Crippen molar-refractivity contribution in [2.24, 2.45) is 11.7 Å². The maximum atomic E-state index is 13.6. The molecule has 2 aromatic rings. The zero-order chi connectivity index (χ0) is 24.4. The standard InChI is InChI=1S/C26H38N6O3/c1-35-15-7-14-32-23-10-3-2-9-22(23)28-24(32)19-8-6-13-30(16-19)25(33)20-17-31(18-21(20)27)26(34)29-11-4-5-12-29/h2-3,9-10,19-21H,4-8,11-18,27H2,1H3/t19?,20-,21-/m1/s1. The van der Waals surface area contributed by atoms with Crippen molar-refractivity contribution in [3.05, 3.63) is 30.1 Å². The number of hydrogen-bond donors (Lipinski definition) is 1. The minimum Gasteiger partial charge on any atom is -0.385 e. The van der Waals surface area contributed by atoms with Crippen LogP contribution in [0.1, 0.15) is 43.8 Å². The first kappa shape index (κ1) is 24.1. The molecule has 0 radical (unpaired) electrons. The van der Waals surface area contributed by atoms with Gasteiger partial charge in [-0.3, -0.25) is 4.79 Å². The molecule has 190 valence electrons. The van der Waals surface area contributed by atoms with Crippen molar-refractivity contribution in [1.29, 1.82) is 0 Å². The number of ether oxygens (including phenoxy) is 1. The van der Waals surface area contributed by atoms with Gasteiger partial charge in [-0.15, -0.1) is 0 Å². The van der Waals surface area contributed by atoms with Gasteiger partial charge in [-0.1, -0.05) is 12.1 Å². The van der Waals surface area contributed by atoms with Crippen LogP contribution in [0.2, 0.25) is 0 Å². The molecule has 3 atom stereocenters. The fraction of sp³-hybridized carbons (Fsp3) is 0.654. The number of fused-ring (bicyclic) bond motifs is 1. The van der Waals surface area contributed by atoms with Crippen LogP contribution < -0.4 is 5.73 Å². The third kappa shape index (κ3) is 4.89. The second-order valence-corrected chi connectivity index (χ2v) is 10.2. The van der Waals surface area contributed by atoms with Gasteiger partial charge in [0.2, 0.25) is 5.91 Å². The molecule has 3 fully saturated rings. The lowest BCUT2D eigenvalue weighted by Gasteiger charge is -2.35. The number of hydrogen-bond acceptors (Lipinski definition) is 5. The molecule has 0 saturated carbocycles. The summed E-state index contributed by atoms with van der Waals surface area (Å²) < 4.78 is 7.59. The zero-order valence-corrected chi connectivity index (χ0v) is 20.8. The number of nitrogens with zero attached hydrogens (tertiary/aromatic N) is 5. The molecule has 2 N–H and O–H groups in total. The molecule has 0 bridgehead atoms. The molecular weight excluding hydrogens is 444 g/mol. The molecule has 3 aliphatic heterocycles.